The molecule has 0 bridgehead atoms. The van der Waals surface area contributed by atoms with Gasteiger partial charge in [0, 0.05) is 6.61 Å². The van der Waals surface area contributed by atoms with E-state index in [1.807, 2.05) is 0 Å². The Kier molecular flexibility index (Phi) is 18.0. The number of hydrogen-bond donors (Lipinski definition) is 3. The molecular weight excluding hydrogens is 352 g/mol. The summed E-state index contributed by atoms with van der Waals surface area (Å²) in [5, 5.41) is 28.8. The fourth-order valence-electron chi connectivity index (χ4n) is 3.46. The third-order valence-electron chi connectivity index (χ3n) is 5.04. The summed E-state index contributed by atoms with van der Waals surface area (Å²) in [6.07, 6.45) is 21.9. The molecule has 3 atom stereocenters. The maximum absolute atomic E-state index is 11.7. The molecule has 0 saturated carbocycles. The number of aliphatic hydroxyl groups is 2. The topological polar surface area (TPSA) is 77.8 Å². The van der Waals surface area contributed by atoms with Crippen LogP contribution >= 0.6 is 0 Å². The van der Waals surface area contributed by atoms with Gasteiger partial charge in [0.25, 0.3) is 0 Å². The van der Waals surface area contributed by atoms with Gasteiger partial charge in [-0.1, -0.05) is 69.6 Å². The van der Waals surface area contributed by atoms with Crippen molar-refractivity contribution in [3.63, 3.8) is 0 Å². The van der Waals surface area contributed by atoms with Crippen molar-refractivity contribution in [2.75, 3.05) is 6.61 Å². The summed E-state index contributed by atoms with van der Waals surface area (Å²) in [6, 6.07) is 0. The number of carbonyl (C=O) groups is 1. The van der Waals surface area contributed by atoms with Gasteiger partial charge in [-0.25, -0.2) is 0 Å². The van der Waals surface area contributed by atoms with Gasteiger partial charge in [0.2, 0.25) is 0 Å². The highest BCUT2D eigenvalue weighted by molar-refractivity contribution is 5.71. The number of aliphatic carboxylic acids is 1. The average Bonchev–Trinajstić information content (AvgIpc) is 2.66. The zero-order chi connectivity index (χ0) is 21.0. The molecule has 0 radical (unpaired) electrons. The third kappa shape index (κ3) is 13.7. The molecule has 4 heteroatoms. The zero-order valence-corrected chi connectivity index (χ0v) is 17.9. The van der Waals surface area contributed by atoms with E-state index in [1.54, 1.807) is 0 Å². The van der Waals surface area contributed by atoms with Gasteiger partial charge in [-0.05, 0) is 57.3 Å². The first-order valence-corrected chi connectivity index (χ1v) is 11.0. The molecule has 0 fully saturated rings. The monoisotopic (exact) mass is 394 g/mol. The van der Waals surface area contributed by atoms with Gasteiger partial charge in [0.05, 0.1) is 12.0 Å². The Balaban J connectivity index is 4.28. The van der Waals surface area contributed by atoms with Gasteiger partial charge in [0.1, 0.15) is 0 Å². The van der Waals surface area contributed by atoms with Gasteiger partial charge in [-0.3, -0.25) is 4.79 Å². The molecule has 0 rings (SSSR count). The van der Waals surface area contributed by atoms with Crippen molar-refractivity contribution in [1.29, 1.82) is 0 Å². The molecule has 0 spiro atoms. The lowest BCUT2D eigenvalue weighted by molar-refractivity contribution is -0.149. The van der Waals surface area contributed by atoms with Crippen LogP contribution in [0.2, 0.25) is 0 Å². The number of hydrogen-bond acceptors (Lipinski definition) is 3. The summed E-state index contributed by atoms with van der Waals surface area (Å²) in [5.74, 6) is -1.74. The predicted molar refractivity (Wildman–Crippen MR) is 117 cm³/mol. The van der Waals surface area contributed by atoms with Crippen molar-refractivity contribution < 1.29 is 20.1 Å². The summed E-state index contributed by atoms with van der Waals surface area (Å²) in [6.45, 7) is 4.05. The maximum Gasteiger partial charge on any atom is 0.309 e. The lowest BCUT2D eigenvalue weighted by atomic mass is 9.80. The van der Waals surface area contributed by atoms with Crippen molar-refractivity contribution in [2.24, 2.45) is 11.8 Å². The number of rotatable bonds is 18. The highest BCUT2D eigenvalue weighted by Crippen LogP contribution is 2.29. The van der Waals surface area contributed by atoms with Gasteiger partial charge in [-0.2, -0.15) is 0 Å². The molecule has 0 unspecified atom stereocenters. The number of unbranched alkanes of at least 4 members (excludes halogenated alkanes) is 3. The Bertz CT molecular complexity index is 454. The first-order valence-electron chi connectivity index (χ1n) is 11.0. The summed E-state index contributed by atoms with van der Waals surface area (Å²) >= 11 is 0. The van der Waals surface area contributed by atoms with Crippen LogP contribution in [0, 0.1) is 11.8 Å². The second kappa shape index (κ2) is 18.9. The van der Waals surface area contributed by atoms with Crippen LogP contribution in [0.1, 0.15) is 84.5 Å². The Morgan fingerprint density at radius 2 is 1.46 bits per heavy atom. The SMILES string of the molecule is CC/C=C\C/C=C\C/C=C\CCCC[C@@H](CCCC)[C@@H](C(=O)O)[C@H](O)CCO. The second-order valence-corrected chi connectivity index (χ2v) is 7.42. The van der Waals surface area contributed by atoms with Gasteiger partial charge in [-0.15, -0.1) is 0 Å². The third-order valence-corrected chi connectivity index (χ3v) is 5.04. The lowest BCUT2D eigenvalue weighted by Gasteiger charge is -2.27. The minimum Gasteiger partial charge on any atom is -0.481 e. The van der Waals surface area contributed by atoms with E-state index < -0.39 is 18.0 Å². The predicted octanol–water partition coefficient (Wildman–Crippen LogP) is 5.66. The molecule has 28 heavy (non-hydrogen) atoms. The minimum absolute atomic E-state index is 0.0258. The van der Waals surface area contributed by atoms with E-state index >= 15 is 0 Å². The molecular formula is C24H42O4. The molecule has 0 aliphatic rings. The van der Waals surface area contributed by atoms with Crippen LogP contribution in [0.5, 0.6) is 0 Å². The molecule has 0 aliphatic heterocycles. The molecule has 3 N–H and O–H groups in total. The summed E-state index contributed by atoms with van der Waals surface area (Å²) in [4.78, 5) is 11.7. The molecule has 0 aromatic rings. The van der Waals surface area contributed by atoms with Crippen LogP contribution in [-0.4, -0.2) is 34.0 Å². The number of allylic oxidation sites excluding steroid dienone is 6. The van der Waals surface area contributed by atoms with Crippen LogP contribution in [0.3, 0.4) is 0 Å². The van der Waals surface area contributed by atoms with E-state index in [1.165, 1.54) is 0 Å². The van der Waals surface area contributed by atoms with Gasteiger partial charge in [0.15, 0.2) is 0 Å². The second-order valence-electron chi connectivity index (χ2n) is 7.42. The molecule has 0 amide bonds. The molecule has 4 nitrogen and oxygen atoms in total. The quantitative estimate of drug-likeness (QED) is 0.207. The Hall–Kier alpha value is -1.39. The van der Waals surface area contributed by atoms with Gasteiger partial charge >= 0.3 is 5.97 Å². The van der Waals surface area contributed by atoms with E-state index in [4.69, 9.17) is 5.11 Å². The van der Waals surface area contributed by atoms with Gasteiger partial charge < -0.3 is 15.3 Å². The normalized spacial score (nSPS) is 15.6. The molecule has 0 aromatic heterocycles. The van der Waals surface area contributed by atoms with E-state index in [0.717, 1.165) is 64.2 Å². The highest BCUT2D eigenvalue weighted by Gasteiger charge is 2.33. The van der Waals surface area contributed by atoms with Crippen molar-refractivity contribution >= 4 is 5.97 Å². The largest absolute Gasteiger partial charge is 0.481 e. The fourth-order valence-corrected chi connectivity index (χ4v) is 3.46. The first-order chi connectivity index (χ1) is 13.6. The van der Waals surface area contributed by atoms with Crippen LogP contribution in [0.4, 0.5) is 0 Å². The van der Waals surface area contributed by atoms with Crippen molar-refractivity contribution in [1.82, 2.24) is 0 Å². The Morgan fingerprint density at radius 3 is 2.04 bits per heavy atom. The number of carboxylic acid groups (broad SMARTS) is 1. The minimum atomic E-state index is -0.969. The van der Waals surface area contributed by atoms with Crippen molar-refractivity contribution in [3.8, 4) is 0 Å². The molecule has 0 aliphatic carbocycles. The van der Waals surface area contributed by atoms with E-state index in [9.17, 15) is 15.0 Å². The summed E-state index contributed by atoms with van der Waals surface area (Å²) in [7, 11) is 0. The highest BCUT2D eigenvalue weighted by atomic mass is 16.4. The van der Waals surface area contributed by atoms with Crippen molar-refractivity contribution in [3.05, 3.63) is 36.5 Å². The molecule has 0 saturated heterocycles. The van der Waals surface area contributed by atoms with E-state index in [-0.39, 0.29) is 18.9 Å². The fraction of sp³-hybridized carbons (Fsp3) is 0.708. The van der Waals surface area contributed by atoms with Crippen LogP contribution in [0.25, 0.3) is 0 Å². The Morgan fingerprint density at radius 1 is 0.857 bits per heavy atom. The first kappa shape index (κ1) is 26.6. The standard InChI is InChI=1S/C24H42O4/c1-3-5-7-8-9-10-11-12-13-14-15-16-18-21(17-6-4-2)23(24(27)28)22(26)19-20-25/h5,7,9-10,12-13,21-23,25-26H,3-4,6,8,11,14-20H2,1-2H3,(H,27,28)/b7-5-,10-9-,13-12-/t21-,22-,23-/m1/s1. The average molecular weight is 395 g/mol. The zero-order valence-electron chi connectivity index (χ0n) is 17.9. The lowest BCUT2D eigenvalue weighted by Crippen LogP contribution is -2.35. The van der Waals surface area contributed by atoms with E-state index in [2.05, 4.69) is 50.3 Å². The Labute approximate surface area is 172 Å². The number of aliphatic hydroxyl groups excluding tert-OH is 2. The molecule has 0 aromatic carbocycles. The molecule has 162 valence electrons. The smallest absolute Gasteiger partial charge is 0.309 e. The summed E-state index contributed by atoms with van der Waals surface area (Å²) in [5.41, 5.74) is 0. The van der Waals surface area contributed by atoms with Crippen LogP contribution < -0.4 is 0 Å². The van der Waals surface area contributed by atoms with Crippen LogP contribution in [-0.2, 0) is 4.79 Å². The van der Waals surface area contributed by atoms with Crippen LogP contribution in [0.15, 0.2) is 36.5 Å². The van der Waals surface area contributed by atoms with E-state index in [0.29, 0.717) is 0 Å². The van der Waals surface area contributed by atoms with Crippen molar-refractivity contribution in [2.45, 2.75) is 90.6 Å². The molecule has 0 heterocycles. The maximum atomic E-state index is 11.7. The number of carboxylic acids is 1. The summed E-state index contributed by atoms with van der Waals surface area (Å²) < 4.78 is 0.